The molecule has 0 amide bonds. The Labute approximate surface area is 97.2 Å². The lowest BCUT2D eigenvalue weighted by atomic mass is 9.92. The molecule has 4 heteroatoms. The number of nitrogens with two attached hydrogens (primary N) is 1. The lowest BCUT2D eigenvalue weighted by Crippen LogP contribution is -2.40. The fraction of sp³-hybridized carbons (Fsp3) is 0.833. The molecule has 0 radical (unpaired) electrons. The second-order valence-corrected chi connectivity index (χ2v) is 5.05. The first kappa shape index (κ1) is 11.6. The lowest BCUT2D eigenvalue weighted by Gasteiger charge is -2.23. The van der Waals surface area contributed by atoms with Crippen molar-refractivity contribution in [2.24, 2.45) is 11.7 Å². The maximum Gasteiger partial charge on any atom is 0.138 e. The van der Waals surface area contributed by atoms with Crippen molar-refractivity contribution < 1.29 is 0 Å². The second-order valence-electron chi connectivity index (χ2n) is 5.05. The van der Waals surface area contributed by atoms with Crippen molar-refractivity contribution in [2.45, 2.75) is 58.0 Å². The summed E-state index contributed by atoms with van der Waals surface area (Å²) in [6.45, 7) is 5.22. The zero-order valence-electron chi connectivity index (χ0n) is 10.3. The van der Waals surface area contributed by atoms with Gasteiger partial charge < -0.3 is 5.73 Å². The Kier molecular flexibility index (Phi) is 3.28. The maximum atomic E-state index is 6.46. The highest BCUT2D eigenvalue weighted by Gasteiger charge is 2.35. The standard InChI is InChI=1S/C12H22N4/c1-3-10-5-6-12(13,7-10)8-11-14-9-15-16(11)4-2/h9-10H,3-8,13H2,1-2H3. The highest BCUT2D eigenvalue weighted by atomic mass is 15.3. The predicted molar refractivity (Wildman–Crippen MR) is 64.0 cm³/mol. The fourth-order valence-electron chi connectivity index (χ4n) is 2.78. The van der Waals surface area contributed by atoms with Gasteiger partial charge in [0.05, 0.1) is 0 Å². The van der Waals surface area contributed by atoms with Crippen LogP contribution in [0.2, 0.25) is 0 Å². The summed E-state index contributed by atoms with van der Waals surface area (Å²) in [6, 6.07) is 0. The minimum absolute atomic E-state index is 0.0410. The van der Waals surface area contributed by atoms with E-state index in [4.69, 9.17) is 5.73 Å². The van der Waals surface area contributed by atoms with Crippen LogP contribution in [0.15, 0.2) is 6.33 Å². The molecule has 1 aromatic rings. The van der Waals surface area contributed by atoms with Crippen molar-refractivity contribution in [3.05, 3.63) is 12.2 Å². The second kappa shape index (κ2) is 4.53. The third-order valence-electron chi connectivity index (χ3n) is 3.83. The highest BCUT2D eigenvalue weighted by Crippen LogP contribution is 2.36. The average molecular weight is 222 g/mol. The zero-order chi connectivity index (χ0) is 11.6. The van der Waals surface area contributed by atoms with Crippen LogP contribution in [0.3, 0.4) is 0 Å². The van der Waals surface area contributed by atoms with E-state index in [1.807, 2.05) is 4.68 Å². The Bertz CT molecular complexity index is 347. The molecule has 1 aliphatic carbocycles. The van der Waals surface area contributed by atoms with Gasteiger partial charge in [-0.3, -0.25) is 4.68 Å². The average Bonchev–Trinajstić information content (AvgIpc) is 2.85. The van der Waals surface area contributed by atoms with Gasteiger partial charge in [-0.1, -0.05) is 13.3 Å². The van der Waals surface area contributed by atoms with Gasteiger partial charge in [0.25, 0.3) is 0 Å². The summed E-state index contributed by atoms with van der Waals surface area (Å²) in [4.78, 5) is 4.32. The van der Waals surface area contributed by atoms with Gasteiger partial charge in [-0.15, -0.1) is 0 Å². The van der Waals surface area contributed by atoms with E-state index in [1.54, 1.807) is 6.33 Å². The van der Waals surface area contributed by atoms with Gasteiger partial charge in [-0.25, -0.2) is 4.98 Å². The minimum atomic E-state index is -0.0410. The molecule has 1 aliphatic rings. The van der Waals surface area contributed by atoms with Crippen LogP contribution in [0, 0.1) is 5.92 Å². The first-order chi connectivity index (χ1) is 7.67. The molecule has 4 nitrogen and oxygen atoms in total. The molecule has 2 atom stereocenters. The lowest BCUT2D eigenvalue weighted by molar-refractivity contribution is 0.390. The monoisotopic (exact) mass is 222 g/mol. The normalized spacial score (nSPS) is 29.8. The van der Waals surface area contributed by atoms with Crippen LogP contribution in [0.25, 0.3) is 0 Å². The van der Waals surface area contributed by atoms with Crippen LogP contribution in [-0.2, 0) is 13.0 Å². The summed E-state index contributed by atoms with van der Waals surface area (Å²) in [6.07, 6.45) is 7.29. The van der Waals surface area contributed by atoms with Crippen molar-refractivity contribution in [1.82, 2.24) is 14.8 Å². The van der Waals surface area contributed by atoms with Crippen LogP contribution in [-0.4, -0.2) is 20.3 Å². The first-order valence-electron chi connectivity index (χ1n) is 6.32. The van der Waals surface area contributed by atoms with Gasteiger partial charge >= 0.3 is 0 Å². The molecule has 0 aromatic carbocycles. The van der Waals surface area contributed by atoms with E-state index in [9.17, 15) is 0 Å². The van der Waals surface area contributed by atoms with Gasteiger partial charge in [-0.05, 0) is 32.1 Å². The highest BCUT2D eigenvalue weighted by molar-refractivity contribution is 5.01. The van der Waals surface area contributed by atoms with Crippen molar-refractivity contribution in [1.29, 1.82) is 0 Å². The van der Waals surface area contributed by atoms with Crippen LogP contribution in [0.1, 0.15) is 45.4 Å². The van der Waals surface area contributed by atoms with Gasteiger partial charge in [0, 0.05) is 18.5 Å². The van der Waals surface area contributed by atoms with Crippen LogP contribution >= 0.6 is 0 Å². The molecule has 2 unspecified atom stereocenters. The Morgan fingerprint density at radius 3 is 3.00 bits per heavy atom. The van der Waals surface area contributed by atoms with Gasteiger partial charge in [0.1, 0.15) is 12.2 Å². The number of nitrogens with zero attached hydrogens (tertiary/aromatic N) is 3. The quantitative estimate of drug-likeness (QED) is 0.844. The van der Waals surface area contributed by atoms with E-state index >= 15 is 0 Å². The Balaban J connectivity index is 2.04. The van der Waals surface area contributed by atoms with E-state index in [0.29, 0.717) is 0 Å². The maximum absolute atomic E-state index is 6.46. The number of rotatable bonds is 4. The Morgan fingerprint density at radius 2 is 2.38 bits per heavy atom. The van der Waals surface area contributed by atoms with E-state index < -0.39 is 0 Å². The van der Waals surface area contributed by atoms with E-state index in [2.05, 4.69) is 23.9 Å². The van der Waals surface area contributed by atoms with E-state index in [1.165, 1.54) is 12.8 Å². The number of aryl methyl sites for hydroxylation is 1. The molecule has 0 aliphatic heterocycles. The first-order valence-corrected chi connectivity index (χ1v) is 6.32. The zero-order valence-corrected chi connectivity index (χ0v) is 10.3. The summed E-state index contributed by atoms with van der Waals surface area (Å²) >= 11 is 0. The smallest absolute Gasteiger partial charge is 0.138 e. The van der Waals surface area contributed by atoms with Crippen molar-refractivity contribution in [3.63, 3.8) is 0 Å². The van der Waals surface area contributed by atoms with Gasteiger partial charge in [0.15, 0.2) is 0 Å². The molecule has 1 fully saturated rings. The molecule has 0 bridgehead atoms. The fourth-order valence-corrected chi connectivity index (χ4v) is 2.78. The SMILES string of the molecule is CCC1CCC(N)(Cc2ncnn2CC)C1. The predicted octanol–water partition coefficient (Wildman–Crippen LogP) is 1.75. The minimum Gasteiger partial charge on any atom is -0.325 e. The van der Waals surface area contributed by atoms with Crippen molar-refractivity contribution in [3.8, 4) is 0 Å². The number of hydrogen-bond acceptors (Lipinski definition) is 3. The van der Waals surface area contributed by atoms with E-state index in [0.717, 1.165) is 37.5 Å². The Morgan fingerprint density at radius 1 is 1.56 bits per heavy atom. The summed E-state index contributed by atoms with van der Waals surface area (Å²) in [5.41, 5.74) is 6.42. The number of hydrogen-bond donors (Lipinski definition) is 1. The van der Waals surface area contributed by atoms with Gasteiger partial charge in [0.2, 0.25) is 0 Å². The molecule has 0 saturated heterocycles. The van der Waals surface area contributed by atoms with Crippen LogP contribution < -0.4 is 5.73 Å². The summed E-state index contributed by atoms with van der Waals surface area (Å²) in [5, 5.41) is 4.20. The summed E-state index contributed by atoms with van der Waals surface area (Å²) < 4.78 is 1.95. The molecule has 90 valence electrons. The van der Waals surface area contributed by atoms with Crippen molar-refractivity contribution in [2.75, 3.05) is 0 Å². The molecular weight excluding hydrogens is 200 g/mol. The van der Waals surface area contributed by atoms with Crippen LogP contribution in [0.4, 0.5) is 0 Å². The molecule has 1 heterocycles. The van der Waals surface area contributed by atoms with Crippen molar-refractivity contribution >= 4 is 0 Å². The molecule has 1 saturated carbocycles. The van der Waals surface area contributed by atoms with E-state index in [-0.39, 0.29) is 5.54 Å². The molecule has 2 rings (SSSR count). The summed E-state index contributed by atoms with van der Waals surface area (Å²) in [7, 11) is 0. The molecule has 16 heavy (non-hydrogen) atoms. The molecule has 2 N–H and O–H groups in total. The topological polar surface area (TPSA) is 56.7 Å². The van der Waals surface area contributed by atoms with Crippen LogP contribution in [0.5, 0.6) is 0 Å². The molecule has 1 aromatic heterocycles. The molecule has 0 spiro atoms. The van der Waals surface area contributed by atoms with Gasteiger partial charge in [-0.2, -0.15) is 5.10 Å². The molecular formula is C12H22N4. The largest absolute Gasteiger partial charge is 0.325 e. The third-order valence-corrected chi connectivity index (χ3v) is 3.83. The third kappa shape index (κ3) is 2.26. The Hall–Kier alpha value is -0.900. The summed E-state index contributed by atoms with van der Waals surface area (Å²) in [5.74, 6) is 1.85. The number of aromatic nitrogens is 3.